The number of rotatable bonds is 6. The van der Waals surface area contributed by atoms with Crippen LogP contribution in [0.25, 0.3) is 22.2 Å². The molecule has 4 rings (SSSR count). The summed E-state index contributed by atoms with van der Waals surface area (Å²) in [5.74, 6) is -0.229. The number of benzene rings is 2. The van der Waals surface area contributed by atoms with E-state index >= 15 is 0 Å². The maximum Gasteiger partial charge on any atom is 0.254 e. The number of hydrogen-bond acceptors (Lipinski definition) is 3. The molecule has 0 atom stereocenters. The van der Waals surface area contributed by atoms with E-state index in [1.165, 1.54) is 17.0 Å². The molecule has 0 spiro atoms. The van der Waals surface area contributed by atoms with Crippen LogP contribution in [0.5, 0.6) is 0 Å². The van der Waals surface area contributed by atoms with Crippen LogP contribution in [0.1, 0.15) is 5.56 Å². The van der Waals surface area contributed by atoms with Crippen LogP contribution in [-0.4, -0.2) is 27.0 Å². The van der Waals surface area contributed by atoms with Gasteiger partial charge in [-0.25, -0.2) is 4.98 Å². The van der Waals surface area contributed by atoms with Crippen molar-refractivity contribution in [2.75, 3.05) is 6.54 Å². The van der Waals surface area contributed by atoms with E-state index in [4.69, 9.17) is 11.6 Å². The second-order valence-electron chi connectivity index (χ2n) is 6.71. The van der Waals surface area contributed by atoms with E-state index in [2.05, 4.69) is 21.4 Å². The SMILES string of the molecule is O=C(Cn1cnc(-c2ccc(Cl)cc2)cc1=O)NCCc1c[nH]c2ccccc12. The lowest BCUT2D eigenvalue weighted by atomic mass is 10.1. The minimum absolute atomic E-state index is 0.0688. The van der Waals surface area contributed by atoms with Crippen molar-refractivity contribution in [3.8, 4) is 11.3 Å². The number of halogens is 1. The van der Waals surface area contributed by atoms with Gasteiger partial charge in [-0.05, 0) is 30.2 Å². The van der Waals surface area contributed by atoms with Crippen molar-refractivity contribution in [3.63, 3.8) is 0 Å². The number of nitrogens with zero attached hydrogens (tertiary/aromatic N) is 2. The van der Waals surface area contributed by atoms with Crippen molar-refractivity contribution in [2.24, 2.45) is 0 Å². The maximum absolute atomic E-state index is 12.3. The topological polar surface area (TPSA) is 79.8 Å². The van der Waals surface area contributed by atoms with Gasteiger partial charge >= 0.3 is 0 Å². The molecule has 0 saturated heterocycles. The molecule has 0 unspecified atom stereocenters. The number of fused-ring (bicyclic) bond motifs is 1. The molecular weight excluding hydrogens is 388 g/mol. The average molecular weight is 407 g/mol. The van der Waals surface area contributed by atoms with Gasteiger partial charge in [-0.1, -0.05) is 41.9 Å². The molecule has 29 heavy (non-hydrogen) atoms. The summed E-state index contributed by atoms with van der Waals surface area (Å²) in [6.45, 7) is 0.423. The Morgan fingerprint density at radius 1 is 1.14 bits per heavy atom. The Hall–Kier alpha value is -3.38. The molecule has 1 amide bonds. The summed E-state index contributed by atoms with van der Waals surface area (Å²) in [6.07, 6.45) is 4.06. The number of aromatic nitrogens is 3. The quantitative estimate of drug-likeness (QED) is 0.515. The van der Waals surface area contributed by atoms with Gasteiger partial charge in [-0.2, -0.15) is 0 Å². The van der Waals surface area contributed by atoms with Crippen LogP contribution in [0.15, 0.2) is 71.9 Å². The highest BCUT2D eigenvalue weighted by molar-refractivity contribution is 6.30. The Bertz CT molecular complexity index is 1210. The van der Waals surface area contributed by atoms with Crippen LogP contribution in [0.4, 0.5) is 0 Å². The maximum atomic E-state index is 12.3. The molecular formula is C22H19ClN4O2. The molecule has 0 aliphatic rings. The van der Waals surface area contributed by atoms with Crippen LogP contribution in [0, 0.1) is 0 Å². The smallest absolute Gasteiger partial charge is 0.254 e. The van der Waals surface area contributed by atoms with Gasteiger partial charge in [0, 0.05) is 40.3 Å². The number of aromatic amines is 1. The highest BCUT2D eigenvalue weighted by atomic mass is 35.5. The molecule has 0 aliphatic carbocycles. The molecule has 0 radical (unpaired) electrons. The fourth-order valence-electron chi connectivity index (χ4n) is 3.21. The first-order valence-electron chi connectivity index (χ1n) is 9.24. The first-order chi connectivity index (χ1) is 14.1. The molecule has 2 heterocycles. The van der Waals surface area contributed by atoms with Crippen LogP contribution in [-0.2, 0) is 17.8 Å². The minimum Gasteiger partial charge on any atom is -0.361 e. The van der Waals surface area contributed by atoms with E-state index in [0.29, 0.717) is 23.7 Å². The Balaban J connectivity index is 1.35. The van der Waals surface area contributed by atoms with Gasteiger partial charge in [0.25, 0.3) is 5.56 Å². The van der Waals surface area contributed by atoms with E-state index < -0.39 is 0 Å². The number of carbonyl (C=O) groups is 1. The highest BCUT2D eigenvalue weighted by Crippen LogP contribution is 2.18. The van der Waals surface area contributed by atoms with Crippen LogP contribution < -0.4 is 10.9 Å². The molecule has 146 valence electrons. The molecule has 2 aromatic heterocycles. The number of amides is 1. The summed E-state index contributed by atoms with van der Waals surface area (Å²) in [7, 11) is 0. The predicted octanol–water partition coefficient (Wildman–Crippen LogP) is 3.40. The van der Waals surface area contributed by atoms with Gasteiger partial charge in [-0.3, -0.25) is 14.2 Å². The van der Waals surface area contributed by atoms with Gasteiger partial charge < -0.3 is 10.3 Å². The summed E-state index contributed by atoms with van der Waals surface area (Å²) in [5.41, 5.74) is 3.28. The third kappa shape index (κ3) is 4.38. The molecule has 0 bridgehead atoms. The summed E-state index contributed by atoms with van der Waals surface area (Å²) in [4.78, 5) is 32.1. The van der Waals surface area contributed by atoms with E-state index in [-0.39, 0.29) is 18.0 Å². The zero-order chi connectivity index (χ0) is 20.2. The zero-order valence-electron chi connectivity index (χ0n) is 15.6. The zero-order valence-corrected chi connectivity index (χ0v) is 16.3. The Labute approximate surface area is 172 Å². The van der Waals surface area contributed by atoms with Crippen molar-refractivity contribution < 1.29 is 4.79 Å². The first kappa shape index (κ1) is 19.0. The predicted molar refractivity (Wildman–Crippen MR) is 114 cm³/mol. The third-order valence-corrected chi connectivity index (χ3v) is 4.98. The number of carbonyl (C=O) groups excluding carboxylic acids is 1. The van der Waals surface area contributed by atoms with Gasteiger partial charge in [0.1, 0.15) is 6.54 Å². The molecule has 0 aliphatic heterocycles. The lowest BCUT2D eigenvalue weighted by Crippen LogP contribution is -2.33. The summed E-state index contributed by atoms with van der Waals surface area (Å²) < 4.78 is 1.29. The molecule has 7 heteroatoms. The number of para-hydroxylation sites is 1. The van der Waals surface area contributed by atoms with Crippen molar-refractivity contribution in [2.45, 2.75) is 13.0 Å². The van der Waals surface area contributed by atoms with E-state index in [9.17, 15) is 9.59 Å². The minimum atomic E-state index is -0.281. The molecule has 0 fully saturated rings. The summed E-state index contributed by atoms with van der Waals surface area (Å²) in [5, 5.41) is 4.63. The Morgan fingerprint density at radius 2 is 1.93 bits per heavy atom. The van der Waals surface area contributed by atoms with Crippen molar-refractivity contribution in [1.29, 1.82) is 0 Å². The lowest BCUT2D eigenvalue weighted by Gasteiger charge is -2.08. The standard InChI is InChI=1S/C22H19ClN4O2/c23-17-7-5-15(6-8-17)20-11-22(29)27(14-26-20)13-21(28)24-10-9-16-12-25-19-4-2-1-3-18(16)19/h1-8,11-12,14,25H,9-10,13H2,(H,24,28). The van der Waals surface area contributed by atoms with Gasteiger partial charge in [0.15, 0.2) is 0 Å². The highest BCUT2D eigenvalue weighted by Gasteiger charge is 2.08. The number of nitrogens with one attached hydrogen (secondary N) is 2. The normalized spacial score (nSPS) is 10.9. The van der Waals surface area contributed by atoms with E-state index in [1.54, 1.807) is 24.3 Å². The van der Waals surface area contributed by atoms with E-state index in [0.717, 1.165) is 22.0 Å². The van der Waals surface area contributed by atoms with Crippen molar-refractivity contribution in [1.82, 2.24) is 19.9 Å². The molecule has 2 aromatic carbocycles. The second kappa shape index (κ2) is 8.32. The average Bonchev–Trinajstić information content (AvgIpc) is 3.13. The van der Waals surface area contributed by atoms with Gasteiger partial charge in [0.05, 0.1) is 12.0 Å². The lowest BCUT2D eigenvalue weighted by molar-refractivity contribution is -0.121. The fourth-order valence-corrected chi connectivity index (χ4v) is 3.33. The molecule has 6 nitrogen and oxygen atoms in total. The monoisotopic (exact) mass is 406 g/mol. The Kier molecular flexibility index (Phi) is 5.44. The van der Waals surface area contributed by atoms with Crippen molar-refractivity contribution in [3.05, 3.63) is 88.1 Å². The van der Waals surface area contributed by atoms with E-state index in [1.807, 2.05) is 24.4 Å². The third-order valence-electron chi connectivity index (χ3n) is 4.72. The molecule has 0 saturated carbocycles. The molecule has 2 N–H and O–H groups in total. The largest absolute Gasteiger partial charge is 0.361 e. The summed E-state index contributed by atoms with van der Waals surface area (Å²) >= 11 is 5.88. The van der Waals surface area contributed by atoms with Gasteiger partial charge in [0.2, 0.25) is 5.91 Å². The Morgan fingerprint density at radius 3 is 2.72 bits per heavy atom. The van der Waals surface area contributed by atoms with Gasteiger partial charge in [-0.15, -0.1) is 0 Å². The first-order valence-corrected chi connectivity index (χ1v) is 9.62. The van der Waals surface area contributed by atoms with Crippen molar-refractivity contribution >= 4 is 28.4 Å². The number of H-pyrrole nitrogens is 1. The van der Waals surface area contributed by atoms with Crippen LogP contribution in [0.3, 0.4) is 0 Å². The summed E-state index contributed by atoms with van der Waals surface area (Å²) in [6, 6.07) is 16.5. The van der Waals surface area contributed by atoms with Crippen LogP contribution >= 0.6 is 11.6 Å². The molecule has 4 aromatic rings. The second-order valence-corrected chi connectivity index (χ2v) is 7.14. The van der Waals surface area contributed by atoms with Crippen LogP contribution in [0.2, 0.25) is 5.02 Å². The fraction of sp³-hybridized carbons (Fsp3) is 0.136. The number of hydrogen-bond donors (Lipinski definition) is 2.